The van der Waals surface area contributed by atoms with E-state index < -0.39 is 5.82 Å². The van der Waals surface area contributed by atoms with E-state index in [-0.39, 0.29) is 23.1 Å². The van der Waals surface area contributed by atoms with Crippen LogP contribution in [0.25, 0.3) is 10.9 Å². The first-order chi connectivity index (χ1) is 15.0. The third-order valence-corrected chi connectivity index (χ3v) is 6.73. The number of nitrogens with zero attached hydrogens (tertiary/aromatic N) is 3. The lowest BCUT2D eigenvalue weighted by atomic mass is 10.0. The summed E-state index contributed by atoms with van der Waals surface area (Å²) in [4.78, 5) is 21.7. The molecule has 2 aliphatic rings. The minimum Gasteiger partial charge on any atom is -0.370 e. The molecule has 1 amide bonds. The fraction of sp³-hybridized carbons (Fsp3) is 0.304. The summed E-state index contributed by atoms with van der Waals surface area (Å²) in [5.41, 5.74) is 2.04. The van der Waals surface area contributed by atoms with Crippen LogP contribution in [-0.4, -0.2) is 59.5 Å². The van der Waals surface area contributed by atoms with E-state index in [1.807, 2.05) is 29.2 Å². The van der Waals surface area contributed by atoms with E-state index in [1.54, 1.807) is 18.3 Å². The Morgan fingerprint density at radius 1 is 1.13 bits per heavy atom. The summed E-state index contributed by atoms with van der Waals surface area (Å²) in [6, 6.07) is 12.3. The molecule has 0 unspecified atom stereocenters. The van der Waals surface area contributed by atoms with E-state index >= 15 is 0 Å². The molecule has 0 bridgehead atoms. The number of ether oxygens (including phenoxy) is 1. The van der Waals surface area contributed by atoms with Crippen LogP contribution < -0.4 is 0 Å². The van der Waals surface area contributed by atoms with Crippen molar-refractivity contribution in [3.05, 3.63) is 75.7 Å². The summed E-state index contributed by atoms with van der Waals surface area (Å²) < 4.78 is 19.5. The van der Waals surface area contributed by atoms with Crippen molar-refractivity contribution in [2.24, 2.45) is 0 Å². The van der Waals surface area contributed by atoms with Crippen LogP contribution >= 0.6 is 23.2 Å². The molecule has 0 spiro atoms. The number of amides is 1. The number of carbonyl (C=O) groups excluding carboxylic acids is 1. The van der Waals surface area contributed by atoms with Gasteiger partial charge in [0.15, 0.2) is 0 Å². The predicted octanol–water partition coefficient (Wildman–Crippen LogP) is 4.58. The zero-order valence-corrected chi connectivity index (χ0v) is 18.1. The van der Waals surface area contributed by atoms with Crippen molar-refractivity contribution in [3.63, 3.8) is 0 Å². The molecule has 5 rings (SSSR count). The summed E-state index contributed by atoms with van der Waals surface area (Å²) >= 11 is 12.5. The number of aromatic nitrogens is 1. The highest BCUT2D eigenvalue weighted by atomic mass is 35.5. The van der Waals surface area contributed by atoms with Gasteiger partial charge in [0.2, 0.25) is 0 Å². The highest BCUT2D eigenvalue weighted by molar-refractivity contribution is 6.38. The molecule has 2 saturated heterocycles. The van der Waals surface area contributed by atoms with Gasteiger partial charge in [-0.05, 0) is 23.8 Å². The lowest BCUT2D eigenvalue weighted by molar-refractivity contribution is -0.0858. The molecule has 0 aliphatic carbocycles. The van der Waals surface area contributed by atoms with E-state index in [4.69, 9.17) is 27.9 Å². The molecule has 2 aromatic carbocycles. The Balaban J connectivity index is 1.29. The third kappa shape index (κ3) is 3.89. The third-order valence-electron chi connectivity index (χ3n) is 6.04. The van der Waals surface area contributed by atoms with Crippen LogP contribution in [0.4, 0.5) is 4.39 Å². The maximum Gasteiger partial charge on any atom is 0.257 e. The fourth-order valence-electron chi connectivity index (χ4n) is 4.31. The molecular weight excluding hydrogens is 440 g/mol. The fourth-order valence-corrected chi connectivity index (χ4v) is 4.79. The standard InChI is InChI=1S/C23H20Cl2FN3O2/c24-18-9-14(5-6-19(18)26)21-12-28-7-8-29(11-15(28)13-31-21)23(30)17-10-27-20-4-2-1-3-16(20)22(17)25/h1-6,9-10,15,21H,7-8,11-13H2/t15-,21-/m0/s1. The Hall–Kier alpha value is -2.25. The Bertz CT molecular complexity index is 1160. The Morgan fingerprint density at radius 2 is 1.97 bits per heavy atom. The lowest BCUT2D eigenvalue weighted by Gasteiger charge is -2.46. The van der Waals surface area contributed by atoms with Gasteiger partial charge < -0.3 is 9.64 Å². The zero-order valence-electron chi connectivity index (χ0n) is 16.6. The first-order valence-electron chi connectivity index (χ1n) is 10.1. The van der Waals surface area contributed by atoms with Crippen molar-refractivity contribution in [2.45, 2.75) is 12.1 Å². The van der Waals surface area contributed by atoms with Gasteiger partial charge in [0.1, 0.15) is 5.82 Å². The number of piperazine rings is 1. The van der Waals surface area contributed by atoms with Gasteiger partial charge in [-0.15, -0.1) is 0 Å². The minimum atomic E-state index is -0.437. The number of carbonyl (C=O) groups is 1. The monoisotopic (exact) mass is 459 g/mol. The van der Waals surface area contributed by atoms with Crippen molar-refractivity contribution in [1.29, 1.82) is 0 Å². The largest absolute Gasteiger partial charge is 0.370 e. The molecule has 3 heterocycles. The minimum absolute atomic E-state index is 0.0945. The van der Waals surface area contributed by atoms with Crippen molar-refractivity contribution >= 4 is 40.0 Å². The molecule has 2 aliphatic heterocycles. The quantitative estimate of drug-likeness (QED) is 0.562. The maximum atomic E-state index is 13.5. The van der Waals surface area contributed by atoms with E-state index in [1.165, 1.54) is 6.07 Å². The molecule has 160 valence electrons. The predicted molar refractivity (Wildman–Crippen MR) is 118 cm³/mol. The molecule has 31 heavy (non-hydrogen) atoms. The topological polar surface area (TPSA) is 45.7 Å². The number of halogens is 3. The summed E-state index contributed by atoms with van der Waals surface area (Å²) in [6.45, 7) is 3.03. The van der Waals surface area contributed by atoms with Gasteiger partial charge in [-0.25, -0.2) is 4.39 Å². The smallest absolute Gasteiger partial charge is 0.257 e. The van der Waals surface area contributed by atoms with Gasteiger partial charge in [0, 0.05) is 37.8 Å². The van der Waals surface area contributed by atoms with E-state index in [0.29, 0.717) is 36.8 Å². The summed E-state index contributed by atoms with van der Waals surface area (Å²) in [7, 11) is 0. The zero-order chi connectivity index (χ0) is 21.5. The Kier molecular flexibility index (Phi) is 5.56. The van der Waals surface area contributed by atoms with Crippen LogP contribution in [0.2, 0.25) is 10.0 Å². The van der Waals surface area contributed by atoms with Gasteiger partial charge >= 0.3 is 0 Å². The van der Waals surface area contributed by atoms with Gasteiger partial charge in [-0.1, -0.05) is 47.5 Å². The first-order valence-corrected chi connectivity index (χ1v) is 10.9. The molecule has 5 nitrogen and oxygen atoms in total. The van der Waals surface area contributed by atoms with E-state index in [0.717, 1.165) is 23.0 Å². The van der Waals surface area contributed by atoms with E-state index in [9.17, 15) is 9.18 Å². The van der Waals surface area contributed by atoms with Crippen molar-refractivity contribution in [2.75, 3.05) is 32.8 Å². The summed E-state index contributed by atoms with van der Waals surface area (Å²) in [6.07, 6.45) is 1.39. The number of benzene rings is 2. The first kappa shape index (κ1) is 20.6. The number of hydrogen-bond donors (Lipinski definition) is 0. The molecule has 8 heteroatoms. The van der Waals surface area contributed by atoms with Gasteiger partial charge in [-0.2, -0.15) is 0 Å². The number of hydrogen-bond acceptors (Lipinski definition) is 4. The molecule has 0 saturated carbocycles. The van der Waals surface area contributed by atoms with Crippen LogP contribution in [0.3, 0.4) is 0 Å². The van der Waals surface area contributed by atoms with Gasteiger partial charge in [0.25, 0.3) is 5.91 Å². The van der Waals surface area contributed by atoms with Crippen molar-refractivity contribution in [1.82, 2.24) is 14.8 Å². The number of fused-ring (bicyclic) bond motifs is 2. The van der Waals surface area contributed by atoms with Gasteiger partial charge in [-0.3, -0.25) is 14.7 Å². The van der Waals surface area contributed by atoms with Crippen LogP contribution in [0.5, 0.6) is 0 Å². The van der Waals surface area contributed by atoms with Crippen LogP contribution in [-0.2, 0) is 4.74 Å². The molecule has 2 fully saturated rings. The number of morpholine rings is 1. The SMILES string of the molecule is O=C(c1cnc2ccccc2c1Cl)N1CCN2C[C@@H](c3ccc(F)c(Cl)c3)OC[C@@H]2C1. The maximum absolute atomic E-state index is 13.5. The normalized spacial score (nSPS) is 21.8. The lowest BCUT2D eigenvalue weighted by Crippen LogP contribution is -2.59. The molecule has 0 N–H and O–H groups in total. The van der Waals surface area contributed by atoms with E-state index in [2.05, 4.69) is 9.88 Å². The highest BCUT2D eigenvalue weighted by Crippen LogP contribution is 2.31. The summed E-state index contributed by atoms with van der Waals surface area (Å²) in [5, 5.41) is 1.31. The van der Waals surface area contributed by atoms with Crippen LogP contribution in [0, 0.1) is 5.82 Å². The Labute approximate surface area is 189 Å². The second-order valence-corrected chi connectivity index (χ2v) is 8.68. The van der Waals surface area contributed by atoms with Crippen molar-refractivity contribution < 1.29 is 13.9 Å². The highest BCUT2D eigenvalue weighted by Gasteiger charge is 2.36. The van der Waals surface area contributed by atoms with Crippen molar-refractivity contribution in [3.8, 4) is 0 Å². The second kappa shape index (κ2) is 8.36. The van der Waals surface area contributed by atoms with Crippen LogP contribution in [0.15, 0.2) is 48.7 Å². The number of para-hydroxylation sites is 1. The van der Waals surface area contributed by atoms with Crippen LogP contribution in [0.1, 0.15) is 22.0 Å². The number of rotatable bonds is 2. The summed E-state index contributed by atoms with van der Waals surface area (Å²) in [5.74, 6) is -0.552. The Morgan fingerprint density at radius 3 is 2.81 bits per heavy atom. The van der Waals surface area contributed by atoms with Gasteiger partial charge in [0.05, 0.1) is 39.9 Å². The average molecular weight is 460 g/mol. The molecule has 1 aromatic heterocycles. The number of pyridine rings is 1. The molecule has 0 radical (unpaired) electrons. The second-order valence-electron chi connectivity index (χ2n) is 7.90. The average Bonchev–Trinajstić information content (AvgIpc) is 2.80. The molecular formula is C23H20Cl2FN3O2. The molecule has 3 aromatic rings. The molecule has 2 atom stereocenters.